The van der Waals surface area contributed by atoms with E-state index in [0.29, 0.717) is 5.92 Å². The Hall–Kier alpha value is -1.38. The Bertz CT molecular complexity index is 593. The van der Waals surface area contributed by atoms with Gasteiger partial charge in [0.1, 0.15) is 5.82 Å². The highest BCUT2D eigenvalue weighted by Crippen LogP contribution is 2.26. The molecule has 1 nitrogen and oxygen atoms in total. The van der Waals surface area contributed by atoms with Crippen molar-refractivity contribution < 1.29 is 4.39 Å². The van der Waals surface area contributed by atoms with Gasteiger partial charge in [0.2, 0.25) is 0 Å². The summed E-state index contributed by atoms with van der Waals surface area (Å²) in [6, 6.07) is 13.4. The van der Waals surface area contributed by atoms with Crippen molar-refractivity contribution in [3.63, 3.8) is 0 Å². The van der Waals surface area contributed by atoms with Gasteiger partial charge in [0.15, 0.2) is 0 Å². The molecule has 0 saturated carbocycles. The Morgan fingerprint density at radius 3 is 2.10 bits per heavy atom. The van der Waals surface area contributed by atoms with Gasteiger partial charge < -0.3 is 5.32 Å². The van der Waals surface area contributed by atoms with E-state index in [1.54, 1.807) is 6.07 Å². The van der Waals surface area contributed by atoms with Crippen LogP contribution in [0.1, 0.15) is 49.4 Å². The first kappa shape index (κ1) is 16.0. The molecule has 2 aromatic carbocycles. The van der Waals surface area contributed by atoms with E-state index in [2.05, 4.69) is 43.4 Å². The number of hydrogen-bond donors (Lipinski definition) is 1. The molecule has 112 valence electrons. The fourth-order valence-corrected chi connectivity index (χ4v) is 2.52. The van der Waals surface area contributed by atoms with Crippen LogP contribution in [0.5, 0.6) is 0 Å². The van der Waals surface area contributed by atoms with E-state index in [1.807, 2.05) is 13.0 Å². The largest absolute Gasteiger partial charge is 0.307 e. The quantitative estimate of drug-likeness (QED) is 0.790. The monoisotopic (exact) mass is 305 g/mol. The van der Waals surface area contributed by atoms with Gasteiger partial charge in [-0.15, -0.1) is 0 Å². The molecule has 0 bridgehead atoms. The second-order valence-corrected chi connectivity index (χ2v) is 5.89. The van der Waals surface area contributed by atoms with E-state index < -0.39 is 0 Å². The number of hydrogen-bond acceptors (Lipinski definition) is 1. The number of benzene rings is 2. The summed E-state index contributed by atoms with van der Waals surface area (Å²) >= 11 is 5.77. The number of halogens is 2. The van der Waals surface area contributed by atoms with Gasteiger partial charge in [0, 0.05) is 0 Å². The van der Waals surface area contributed by atoms with E-state index in [0.717, 1.165) is 17.7 Å². The van der Waals surface area contributed by atoms with Gasteiger partial charge in [-0.2, -0.15) is 0 Å². The van der Waals surface area contributed by atoms with Gasteiger partial charge in [0.05, 0.1) is 11.1 Å². The van der Waals surface area contributed by atoms with Crippen LogP contribution in [0, 0.1) is 5.82 Å². The Labute approximate surface area is 131 Å². The summed E-state index contributed by atoms with van der Waals surface area (Å²) in [5.41, 5.74) is 3.32. The van der Waals surface area contributed by atoms with Crippen LogP contribution in [-0.2, 0) is 0 Å². The van der Waals surface area contributed by atoms with Crippen molar-refractivity contribution >= 4 is 11.6 Å². The fraction of sp³-hybridized carbons (Fsp3) is 0.333. The lowest BCUT2D eigenvalue weighted by molar-refractivity contribution is 0.603. The van der Waals surface area contributed by atoms with E-state index in [9.17, 15) is 4.39 Å². The molecule has 0 aliphatic heterocycles. The molecule has 3 heteroatoms. The van der Waals surface area contributed by atoms with Gasteiger partial charge >= 0.3 is 0 Å². The predicted octanol–water partition coefficient (Wildman–Crippen LogP) is 5.30. The number of rotatable bonds is 5. The third kappa shape index (κ3) is 3.84. The molecule has 21 heavy (non-hydrogen) atoms. The molecule has 0 aliphatic rings. The van der Waals surface area contributed by atoms with Crippen molar-refractivity contribution in [2.75, 3.05) is 6.54 Å². The van der Waals surface area contributed by atoms with Gasteiger partial charge in [0.25, 0.3) is 0 Å². The fourth-order valence-electron chi connectivity index (χ4n) is 2.40. The summed E-state index contributed by atoms with van der Waals surface area (Å²) in [6.45, 7) is 7.19. The van der Waals surface area contributed by atoms with Gasteiger partial charge in [-0.25, -0.2) is 4.39 Å². The summed E-state index contributed by atoms with van der Waals surface area (Å²) < 4.78 is 13.7. The molecule has 2 rings (SSSR count). The van der Waals surface area contributed by atoms with Crippen LogP contribution in [-0.4, -0.2) is 6.54 Å². The SMILES string of the molecule is CCNC(c1ccc(C(C)C)cc1)c1ccc(Cl)c(F)c1. The van der Waals surface area contributed by atoms with E-state index >= 15 is 0 Å². The smallest absolute Gasteiger partial charge is 0.142 e. The summed E-state index contributed by atoms with van der Waals surface area (Å²) in [4.78, 5) is 0. The van der Waals surface area contributed by atoms with Crippen molar-refractivity contribution in [2.24, 2.45) is 0 Å². The van der Waals surface area contributed by atoms with Crippen LogP contribution in [0.3, 0.4) is 0 Å². The first-order valence-corrected chi connectivity index (χ1v) is 7.69. The maximum Gasteiger partial charge on any atom is 0.142 e. The second kappa shape index (κ2) is 7.06. The molecule has 0 saturated heterocycles. The Balaban J connectivity index is 2.35. The summed E-state index contributed by atoms with van der Waals surface area (Å²) in [6.07, 6.45) is 0. The highest BCUT2D eigenvalue weighted by atomic mass is 35.5. The van der Waals surface area contributed by atoms with Crippen molar-refractivity contribution in [3.8, 4) is 0 Å². The van der Waals surface area contributed by atoms with Crippen LogP contribution in [0.2, 0.25) is 5.02 Å². The maximum absolute atomic E-state index is 13.7. The minimum atomic E-state index is -0.379. The first-order chi connectivity index (χ1) is 10.0. The van der Waals surface area contributed by atoms with Gasteiger partial charge in [-0.3, -0.25) is 0 Å². The molecular formula is C18H21ClFN. The van der Waals surface area contributed by atoms with Crippen LogP contribution >= 0.6 is 11.6 Å². The molecule has 0 aromatic heterocycles. The van der Waals surface area contributed by atoms with Crippen molar-refractivity contribution in [3.05, 3.63) is 70.0 Å². The molecular weight excluding hydrogens is 285 g/mol. The van der Waals surface area contributed by atoms with Crippen LogP contribution in [0.25, 0.3) is 0 Å². The molecule has 1 N–H and O–H groups in total. The van der Waals surface area contributed by atoms with E-state index in [1.165, 1.54) is 11.6 Å². The Morgan fingerprint density at radius 1 is 1.00 bits per heavy atom. The van der Waals surface area contributed by atoms with E-state index in [4.69, 9.17) is 11.6 Å². The first-order valence-electron chi connectivity index (χ1n) is 7.31. The standard InChI is InChI=1S/C18H21ClFN/c1-4-21-18(15-9-10-16(19)17(20)11-15)14-7-5-13(6-8-14)12(2)3/h5-12,18,21H,4H2,1-3H3. The van der Waals surface area contributed by atoms with Crippen molar-refractivity contribution in [2.45, 2.75) is 32.7 Å². The topological polar surface area (TPSA) is 12.0 Å². The normalized spacial score (nSPS) is 12.7. The molecule has 1 atom stereocenters. The summed E-state index contributed by atoms with van der Waals surface area (Å²) in [7, 11) is 0. The summed E-state index contributed by atoms with van der Waals surface area (Å²) in [5.74, 6) is 0.125. The minimum Gasteiger partial charge on any atom is -0.307 e. The molecule has 0 aliphatic carbocycles. The summed E-state index contributed by atoms with van der Waals surface area (Å²) in [5, 5.41) is 3.56. The number of nitrogens with one attached hydrogen (secondary N) is 1. The third-order valence-electron chi connectivity index (χ3n) is 3.62. The highest BCUT2D eigenvalue weighted by molar-refractivity contribution is 6.30. The predicted molar refractivity (Wildman–Crippen MR) is 87.5 cm³/mol. The Kier molecular flexibility index (Phi) is 5.38. The molecule has 0 heterocycles. The van der Waals surface area contributed by atoms with Gasteiger partial charge in [-0.05, 0) is 41.3 Å². The zero-order chi connectivity index (χ0) is 15.4. The van der Waals surface area contributed by atoms with Crippen molar-refractivity contribution in [1.29, 1.82) is 0 Å². The van der Waals surface area contributed by atoms with Crippen molar-refractivity contribution in [1.82, 2.24) is 5.32 Å². The molecule has 0 amide bonds. The Morgan fingerprint density at radius 2 is 1.57 bits per heavy atom. The molecule has 0 fully saturated rings. The van der Waals surface area contributed by atoms with E-state index in [-0.39, 0.29) is 16.9 Å². The van der Waals surface area contributed by atoms with Crippen LogP contribution in [0.15, 0.2) is 42.5 Å². The molecule has 0 radical (unpaired) electrons. The molecule has 0 spiro atoms. The van der Waals surface area contributed by atoms with Gasteiger partial charge in [-0.1, -0.05) is 62.7 Å². The lowest BCUT2D eigenvalue weighted by atomic mass is 9.95. The molecule has 2 aromatic rings. The lowest BCUT2D eigenvalue weighted by Crippen LogP contribution is -2.22. The second-order valence-electron chi connectivity index (χ2n) is 5.49. The molecule has 1 unspecified atom stereocenters. The minimum absolute atomic E-state index is 0.0250. The van der Waals surface area contributed by atoms with Crippen LogP contribution in [0.4, 0.5) is 4.39 Å². The maximum atomic E-state index is 13.7. The highest BCUT2D eigenvalue weighted by Gasteiger charge is 2.15. The average molecular weight is 306 g/mol. The zero-order valence-corrected chi connectivity index (χ0v) is 13.4. The lowest BCUT2D eigenvalue weighted by Gasteiger charge is -2.20. The average Bonchev–Trinajstić information content (AvgIpc) is 2.48. The van der Waals surface area contributed by atoms with Crippen LogP contribution < -0.4 is 5.32 Å². The zero-order valence-electron chi connectivity index (χ0n) is 12.7. The third-order valence-corrected chi connectivity index (χ3v) is 3.93.